The van der Waals surface area contributed by atoms with Crippen LogP contribution in [0.1, 0.15) is 35.3 Å². The van der Waals surface area contributed by atoms with Gasteiger partial charge in [0.15, 0.2) is 0 Å². The average Bonchev–Trinajstić information content (AvgIpc) is 3.17. The predicted octanol–water partition coefficient (Wildman–Crippen LogP) is 3.47. The van der Waals surface area contributed by atoms with Gasteiger partial charge in [-0.3, -0.25) is 4.90 Å². The Kier molecular flexibility index (Phi) is 4.42. The summed E-state index contributed by atoms with van der Waals surface area (Å²) in [5, 5.41) is 3.51. The van der Waals surface area contributed by atoms with E-state index in [2.05, 4.69) is 54.5 Å². The number of benzene rings is 1. The zero-order valence-corrected chi connectivity index (χ0v) is 12.9. The van der Waals surface area contributed by atoms with Gasteiger partial charge in [-0.05, 0) is 38.4 Å². The Morgan fingerprint density at radius 3 is 2.81 bits per heavy atom. The second-order valence-electron chi connectivity index (χ2n) is 6.24. The summed E-state index contributed by atoms with van der Waals surface area (Å²) in [5.41, 5.74) is 3.91. The highest BCUT2D eigenvalue weighted by atomic mass is 16.3. The molecule has 1 aliphatic rings. The summed E-state index contributed by atoms with van der Waals surface area (Å²) >= 11 is 0. The predicted molar refractivity (Wildman–Crippen MR) is 84.9 cm³/mol. The largest absolute Gasteiger partial charge is 0.468 e. The molecule has 21 heavy (non-hydrogen) atoms. The fourth-order valence-corrected chi connectivity index (χ4v) is 2.60. The van der Waals surface area contributed by atoms with Gasteiger partial charge >= 0.3 is 0 Å². The van der Waals surface area contributed by atoms with Crippen molar-refractivity contribution in [1.29, 1.82) is 0 Å². The lowest BCUT2D eigenvalue weighted by Crippen LogP contribution is -2.17. The molecular weight excluding hydrogens is 260 g/mol. The topological polar surface area (TPSA) is 28.4 Å². The summed E-state index contributed by atoms with van der Waals surface area (Å²) in [6, 6.07) is 11.6. The van der Waals surface area contributed by atoms with Crippen LogP contribution >= 0.6 is 0 Å². The van der Waals surface area contributed by atoms with Crippen molar-refractivity contribution in [3.8, 4) is 0 Å². The van der Waals surface area contributed by atoms with Crippen molar-refractivity contribution in [2.75, 3.05) is 7.05 Å². The first-order chi connectivity index (χ1) is 10.2. The maximum atomic E-state index is 5.67. The zero-order chi connectivity index (χ0) is 14.7. The molecule has 0 radical (unpaired) electrons. The summed E-state index contributed by atoms with van der Waals surface area (Å²) < 4.78 is 5.67. The molecule has 1 aromatic heterocycles. The number of nitrogens with one attached hydrogen (secondary N) is 1. The monoisotopic (exact) mass is 284 g/mol. The number of furan rings is 1. The molecule has 1 aromatic carbocycles. The van der Waals surface area contributed by atoms with Crippen LogP contribution in [0.3, 0.4) is 0 Å². The van der Waals surface area contributed by atoms with E-state index >= 15 is 0 Å². The van der Waals surface area contributed by atoms with Crippen LogP contribution in [0.2, 0.25) is 0 Å². The van der Waals surface area contributed by atoms with Gasteiger partial charge in [-0.15, -0.1) is 0 Å². The van der Waals surface area contributed by atoms with Gasteiger partial charge in [0.1, 0.15) is 5.76 Å². The molecule has 0 amide bonds. The van der Waals surface area contributed by atoms with E-state index in [-0.39, 0.29) is 0 Å². The highest BCUT2D eigenvalue weighted by Gasteiger charge is 2.20. The maximum absolute atomic E-state index is 5.67. The summed E-state index contributed by atoms with van der Waals surface area (Å²) in [7, 11) is 2.13. The van der Waals surface area contributed by atoms with Gasteiger partial charge in [-0.1, -0.05) is 29.8 Å². The summed E-state index contributed by atoms with van der Waals surface area (Å²) in [4.78, 5) is 2.28. The molecule has 3 heteroatoms. The van der Waals surface area contributed by atoms with Crippen LogP contribution < -0.4 is 5.32 Å². The van der Waals surface area contributed by atoms with Crippen LogP contribution in [0.4, 0.5) is 0 Å². The minimum atomic E-state index is 0.743. The molecule has 3 nitrogen and oxygen atoms in total. The molecule has 2 aromatic rings. The lowest BCUT2D eigenvalue weighted by Gasteiger charge is -2.15. The van der Waals surface area contributed by atoms with Gasteiger partial charge in [0.25, 0.3) is 0 Å². The van der Waals surface area contributed by atoms with Gasteiger partial charge in [0.05, 0.1) is 12.8 Å². The fraction of sp³-hybridized carbons (Fsp3) is 0.444. The lowest BCUT2D eigenvalue weighted by molar-refractivity contribution is 0.288. The van der Waals surface area contributed by atoms with Crippen molar-refractivity contribution in [3.05, 3.63) is 59.0 Å². The molecule has 0 saturated heterocycles. The van der Waals surface area contributed by atoms with Gasteiger partial charge < -0.3 is 9.73 Å². The van der Waals surface area contributed by atoms with Crippen LogP contribution in [-0.2, 0) is 19.6 Å². The van der Waals surface area contributed by atoms with Crippen LogP contribution in [0, 0.1) is 6.92 Å². The van der Waals surface area contributed by atoms with E-state index in [1.165, 1.54) is 29.5 Å². The van der Waals surface area contributed by atoms with Crippen molar-refractivity contribution >= 4 is 0 Å². The maximum Gasteiger partial charge on any atom is 0.118 e. The molecule has 0 bridgehead atoms. The molecule has 1 saturated carbocycles. The molecule has 0 unspecified atom stereocenters. The molecule has 112 valence electrons. The Labute approximate surface area is 127 Å². The fourth-order valence-electron chi connectivity index (χ4n) is 2.60. The van der Waals surface area contributed by atoms with Crippen LogP contribution in [0.5, 0.6) is 0 Å². The SMILES string of the molecule is Cc1cccc(CN(C)Cc2cc(CNC3CC3)co2)c1. The lowest BCUT2D eigenvalue weighted by atomic mass is 10.1. The van der Waals surface area contributed by atoms with Crippen LogP contribution in [-0.4, -0.2) is 18.0 Å². The Bertz CT molecular complexity index is 586. The normalized spacial score (nSPS) is 14.8. The van der Waals surface area contributed by atoms with Crippen molar-refractivity contribution in [3.63, 3.8) is 0 Å². The molecular formula is C18H24N2O. The highest BCUT2D eigenvalue weighted by molar-refractivity contribution is 5.22. The number of hydrogen-bond acceptors (Lipinski definition) is 3. The van der Waals surface area contributed by atoms with E-state index in [1.54, 1.807) is 0 Å². The number of hydrogen-bond donors (Lipinski definition) is 1. The van der Waals surface area contributed by atoms with E-state index < -0.39 is 0 Å². The molecule has 3 rings (SSSR count). The summed E-state index contributed by atoms with van der Waals surface area (Å²) in [6.45, 7) is 4.85. The number of rotatable bonds is 7. The first kappa shape index (κ1) is 14.4. The molecule has 1 heterocycles. The van der Waals surface area contributed by atoms with Crippen LogP contribution in [0.25, 0.3) is 0 Å². The Morgan fingerprint density at radius 2 is 2.05 bits per heavy atom. The van der Waals surface area contributed by atoms with E-state index in [4.69, 9.17) is 4.42 Å². The van der Waals surface area contributed by atoms with Crippen LogP contribution in [0.15, 0.2) is 41.0 Å². The standard InChI is InChI=1S/C18H24N2O/c1-14-4-3-5-15(8-14)11-20(2)12-18-9-16(13-21-18)10-19-17-6-7-17/h3-5,8-9,13,17,19H,6-7,10-12H2,1-2H3. The Morgan fingerprint density at radius 1 is 1.19 bits per heavy atom. The van der Waals surface area contributed by atoms with Crippen molar-refractivity contribution in [1.82, 2.24) is 10.2 Å². The second-order valence-corrected chi connectivity index (χ2v) is 6.24. The van der Waals surface area contributed by atoms with Gasteiger partial charge in [-0.2, -0.15) is 0 Å². The first-order valence-electron chi connectivity index (χ1n) is 7.73. The Hall–Kier alpha value is -1.58. The van der Waals surface area contributed by atoms with Crippen molar-refractivity contribution in [2.24, 2.45) is 0 Å². The van der Waals surface area contributed by atoms with Crippen molar-refractivity contribution in [2.45, 2.75) is 45.4 Å². The molecule has 1 fully saturated rings. The molecule has 0 atom stereocenters. The van der Waals surface area contributed by atoms with E-state index in [0.29, 0.717) is 0 Å². The smallest absolute Gasteiger partial charge is 0.118 e. The molecule has 0 aliphatic heterocycles. The summed E-state index contributed by atoms with van der Waals surface area (Å²) in [5.74, 6) is 1.04. The molecule has 1 aliphatic carbocycles. The third-order valence-corrected chi connectivity index (χ3v) is 3.84. The molecule has 0 spiro atoms. The van der Waals surface area contributed by atoms with Crippen molar-refractivity contribution < 1.29 is 4.42 Å². The summed E-state index contributed by atoms with van der Waals surface area (Å²) in [6.07, 6.45) is 4.53. The third-order valence-electron chi connectivity index (χ3n) is 3.84. The quantitative estimate of drug-likeness (QED) is 0.844. The van der Waals surface area contributed by atoms with E-state index in [0.717, 1.165) is 31.4 Å². The minimum Gasteiger partial charge on any atom is -0.468 e. The highest BCUT2D eigenvalue weighted by Crippen LogP contribution is 2.20. The second kappa shape index (κ2) is 6.46. The van der Waals surface area contributed by atoms with E-state index in [1.807, 2.05) is 6.26 Å². The number of aryl methyl sites for hydroxylation is 1. The van der Waals surface area contributed by atoms with Gasteiger partial charge in [-0.25, -0.2) is 0 Å². The minimum absolute atomic E-state index is 0.743. The zero-order valence-electron chi connectivity index (χ0n) is 12.9. The third kappa shape index (κ3) is 4.45. The van der Waals surface area contributed by atoms with Gasteiger partial charge in [0, 0.05) is 24.7 Å². The average molecular weight is 284 g/mol. The van der Waals surface area contributed by atoms with Gasteiger partial charge in [0.2, 0.25) is 0 Å². The first-order valence-corrected chi connectivity index (χ1v) is 7.73. The Balaban J connectivity index is 1.50. The number of nitrogens with zero attached hydrogens (tertiary/aromatic N) is 1. The molecule has 1 N–H and O–H groups in total. The van der Waals surface area contributed by atoms with E-state index in [9.17, 15) is 0 Å².